The van der Waals surface area contributed by atoms with Gasteiger partial charge in [0, 0.05) is 72.0 Å². The van der Waals surface area contributed by atoms with Crippen LogP contribution in [0.5, 0.6) is 0 Å². The Morgan fingerprint density at radius 2 is 0.671 bits per heavy atom. The van der Waals surface area contributed by atoms with Crippen LogP contribution < -0.4 is 0 Å². The van der Waals surface area contributed by atoms with E-state index in [1.807, 2.05) is 12.4 Å². The van der Waals surface area contributed by atoms with Gasteiger partial charge < -0.3 is 13.7 Å². The first-order chi connectivity index (χ1) is 40.7. The molecule has 0 radical (unpaired) electrons. The molecule has 0 aliphatic rings. The summed E-state index contributed by atoms with van der Waals surface area (Å²) in [5, 5.41) is 7.14. The molecule has 5 aromatic heterocycles. The minimum Gasteiger partial charge on any atom is -0.309 e. The highest BCUT2D eigenvalue weighted by molar-refractivity contribution is 6.19. The van der Waals surface area contributed by atoms with E-state index in [2.05, 4.69) is 297 Å². The molecule has 0 atom stereocenters. The predicted molar refractivity (Wildman–Crippen MR) is 357 cm³/mol. The third kappa shape index (κ3) is 9.19. The molecule has 0 saturated carbocycles. The zero-order chi connectivity index (χ0) is 58.9. The number of hydrogen-bond donors (Lipinski definition) is 0. The van der Waals surface area contributed by atoms with Gasteiger partial charge in [-0.05, 0) is 141 Å². The minimum atomic E-state index is -0.128. The van der Waals surface area contributed by atoms with Gasteiger partial charge >= 0.3 is 0 Å². The number of fused-ring (bicyclic) bond motifs is 9. The number of pyridine rings is 1. The number of nitrogens with zero attached hydrogens (tertiary/aromatic N) is 7. The van der Waals surface area contributed by atoms with Crippen molar-refractivity contribution in [3.63, 3.8) is 0 Å². The number of benzene rings is 9. The van der Waals surface area contributed by atoms with Crippen molar-refractivity contribution < 1.29 is 0 Å². The highest BCUT2D eigenvalue weighted by atomic mass is 15.0. The van der Waals surface area contributed by atoms with Crippen LogP contribution in [-0.2, 0) is 21.7 Å². The van der Waals surface area contributed by atoms with E-state index < -0.39 is 0 Å². The van der Waals surface area contributed by atoms with E-state index in [4.69, 9.17) is 19.9 Å². The van der Waals surface area contributed by atoms with E-state index in [0.717, 1.165) is 72.5 Å². The van der Waals surface area contributed by atoms with Crippen LogP contribution in [0.1, 0.15) is 105 Å². The highest BCUT2D eigenvalue weighted by Gasteiger charge is 2.28. The van der Waals surface area contributed by atoms with E-state index >= 15 is 0 Å². The fourth-order valence-corrected chi connectivity index (χ4v) is 12.6. The van der Waals surface area contributed by atoms with Crippen LogP contribution in [0.2, 0.25) is 0 Å². The summed E-state index contributed by atoms with van der Waals surface area (Å²) in [6, 6.07) is 73.6. The largest absolute Gasteiger partial charge is 0.309 e. The van der Waals surface area contributed by atoms with Crippen LogP contribution in [0.3, 0.4) is 0 Å². The third-order valence-electron chi connectivity index (χ3n) is 17.4. The lowest BCUT2D eigenvalue weighted by atomic mass is 9.79. The molecule has 7 heteroatoms. The van der Waals surface area contributed by atoms with Crippen LogP contribution in [0.4, 0.5) is 0 Å². The molecule has 0 bridgehead atoms. The Labute approximate surface area is 498 Å². The Kier molecular flexibility index (Phi) is 12.3. The molecular formula is C78H71N7. The average Bonchev–Trinajstić information content (AvgIpc) is 1.95. The molecule has 0 aliphatic heterocycles. The van der Waals surface area contributed by atoms with Crippen molar-refractivity contribution in [1.29, 1.82) is 0 Å². The lowest BCUT2D eigenvalue weighted by Gasteiger charge is -2.26. The molecule has 85 heavy (non-hydrogen) atoms. The molecule has 7 nitrogen and oxygen atoms in total. The summed E-state index contributed by atoms with van der Waals surface area (Å²) in [5.74, 6) is 1.86. The van der Waals surface area contributed by atoms with Crippen molar-refractivity contribution in [2.45, 2.75) is 105 Å². The third-order valence-corrected chi connectivity index (χ3v) is 17.4. The number of rotatable bonds is 7. The van der Waals surface area contributed by atoms with Crippen molar-refractivity contribution >= 4 is 65.4 Å². The molecule has 0 fully saturated rings. The van der Waals surface area contributed by atoms with E-state index in [9.17, 15) is 0 Å². The van der Waals surface area contributed by atoms with Crippen LogP contribution >= 0.6 is 0 Å². The van der Waals surface area contributed by atoms with Crippen molar-refractivity contribution in [2.75, 3.05) is 0 Å². The normalized spacial score (nSPS) is 12.7. The fraction of sp³-hybridized carbons (Fsp3) is 0.205. The zero-order valence-corrected chi connectivity index (χ0v) is 50.8. The Morgan fingerprint density at radius 1 is 0.282 bits per heavy atom. The smallest absolute Gasteiger partial charge is 0.164 e. The first-order valence-electron chi connectivity index (χ1n) is 29.9. The molecule has 0 saturated heterocycles. The van der Waals surface area contributed by atoms with Gasteiger partial charge in [-0.25, -0.2) is 15.0 Å². The summed E-state index contributed by atoms with van der Waals surface area (Å²) in [6.45, 7) is 27.4. The summed E-state index contributed by atoms with van der Waals surface area (Å²) in [6.07, 6.45) is 3.96. The van der Waals surface area contributed by atoms with E-state index in [1.54, 1.807) is 0 Å². The van der Waals surface area contributed by atoms with Crippen LogP contribution in [0, 0.1) is 0 Å². The summed E-state index contributed by atoms with van der Waals surface area (Å²) < 4.78 is 7.29. The Morgan fingerprint density at radius 3 is 1.13 bits per heavy atom. The number of para-hydroxylation sites is 5. The monoisotopic (exact) mass is 1110 g/mol. The summed E-state index contributed by atoms with van der Waals surface area (Å²) >= 11 is 0. The first-order valence-corrected chi connectivity index (χ1v) is 29.9. The first kappa shape index (κ1) is 53.5. The lowest BCUT2D eigenvalue weighted by molar-refractivity contribution is 0.568. The molecule has 14 rings (SSSR count). The van der Waals surface area contributed by atoms with Crippen LogP contribution in [0.25, 0.3) is 128 Å². The average molecular weight is 1110 g/mol. The van der Waals surface area contributed by atoms with Crippen molar-refractivity contribution in [1.82, 2.24) is 33.6 Å². The van der Waals surface area contributed by atoms with Gasteiger partial charge in [0.05, 0.1) is 50.7 Å². The Hall–Kier alpha value is -9.46. The van der Waals surface area contributed by atoms with Gasteiger partial charge in [0.15, 0.2) is 17.5 Å². The fourth-order valence-electron chi connectivity index (χ4n) is 12.6. The van der Waals surface area contributed by atoms with Gasteiger partial charge in [0.1, 0.15) is 0 Å². The SMILES string of the molecule is CC(C)(C)c1cc(-c2nc(-c3cc(C(C)(C)C)cc(C(C)(C)C)c3)nc(-c3ccc(-n4c5ccccc5c5cc6c7ccccc7n(-c7ccccc7)c6cc54)c(-c4ccncc4-n4c5ccccc5c5ccccc54)c3)n2)cc(C(C)(C)C)c1. The topological polar surface area (TPSA) is 66.3 Å². The van der Waals surface area contributed by atoms with Gasteiger partial charge in [-0.2, -0.15) is 0 Å². The van der Waals surface area contributed by atoms with Gasteiger partial charge in [0.2, 0.25) is 0 Å². The van der Waals surface area contributed by atoms with Crippen molar-refractivity contribution in [3.05, 3.63) is 235 Å². The standard InChI is InChI=1S/C78H71N7/c1-75(2,3)51-38-49(39-52(43-51)76(4,5)6)73-80-72(81-74(82-73)50-40-53(77(7,8)9)44-54(41-50)78(10,11)12)48-34-35-68(61(42-48)60-36-37-79-47-71(60)85-65-31-21-16-26-56(65)57-27-17-22-32-66(57)85)84-67-33-23-19-29-59(67)63-45-62-58-28-18-20-30-64(58)83(69(62)46-70(63)84)55-24-14-13-15-25-55/h13-47H,1-12H3. The molecule has 14 aromatic rings. The van der Waals surface area contributed by atoms with Gasteiger partial charge in [-0.15, -0.1) is 0 Å². The molecule has 9 aromatic carbocycles. The van der Waals surface area contributed by atoms with Crippen LogP contribution in [0.15, 0.2) is 213 Å². The molecule has 418 valence electrons. The molecule has 0 unspecified atom stereocenters. The number of hydrogen-bond acceptors (Lipinski definition) is 4. The lowest BCUT2D eigenvalue weighted by Crippen LogP contribution is -2.17. The summed E-state index contributed by atoms with van der Waals surface area (Å²) in [5.41, 5.74) is 19.1. The highest BCUT2D eigenvalue weighted by Crippen LogP contribution is 2.45. The van der Waals surface area contributed by atoms with Crippen LogP contribution in [-0.4, -0.2) is 33.6 Å². The van der Waals surface area contributed by atoms with Gasteiger partial charge in [-0.3, -0.25) is 4.98 Å². The maximum atomic E-state index is 5.61. The summed E-state index contributed by atoms with van der Waals surface area (Å²) in [7, 11) is 0. The van der Waals surface area contributed by atoms with Gasteiger partial charge in [0.25, 0.3) is 0 Å². The minimum absolute atomic E-state index is 0.128. The second kappa shape index (κ2) is 19.6. The maximum Gasteiger partial charge on any atom is 0.164 e. The summed E-state index contributed by atoms with van der Waals surface area (Å²) in [4.78, 5) is 21.7. The molecule has 0 aliphatic carbocycles. The van der Waals surface area contributed by atoms with E-state index in [1.165, 1.54) is 60.1 Å². The molecule has 0 N–H and O–H groups in total. The Balaban J connectivity index is 1.10. The molecular weight excluding hydrogens is 1030 g/mol. The van der Waals surface area contributed by atoms with Crippen molar-refractivity contribution in [2.24, 2.45) is 0 Å². The maximum absolute atomic E-state index is 5.61. The second-order valence-corrected chi connectivity index (χ2v) is 27.3. The van der Waals surface area contributed by atoms with Gasteiger partial charge in [-0.1, -0.05) is 186 Å². The molecule has 5 heterocycles. The zero-order valence-electron chi connectivity index (χ0n) is 50.8. The predicted octanol–water partition coefficient (Wildman–Crippen LogP) is 20.4. The molecule has 0 spiro atoms. The number of aromatic nitrogens is 7. The quantitative estimate of drug-likeness (QED) is 0.159. The molecule has 0 amide bonds. The van der Waals surface area contributed by atoms with E-state index in [-0.39, 0.29) is 21.7 Å². The Bertz CT molecular complexity index is 4770. The second-order valence-electron chi connectivity index (χ2n) is 27.3. The van der Waals surface area contributed by atoms with E-state index in [0.29, 0.717) is 17.5 Å². The van der Waals surface area contributed by atoms with Crippen molar-refractivity contribution in [3.8, 4) is 62.4 Å².